The fourth-order valence-corrected chi connectivity index (χ4v) is 2.74. The van der Waals surface area contributed by atoms with Gasteiger partial charge in [-0.3, -0.25) is 4.99 Å². The van der Waals surface area contributed by atoms with Gasteiger partial charge in [0, 0.05) is 26.7 Å². The number of ether oxygens (including phenoxy) is 2. The maximum atomic E-state index is 5.61. The molecule has 23 heavy (non-hydrogen) atoms. The summed E-state index contributed by atoms with van der Waals surface area (Å²) in [4.78, 5) is 4.26. The van der Waals surface area contributed by atoms with E-state index in [2.05, 4.69) is 34.7 Å². The van der Waals surface area contributed by atoms with Gasteiger partial charge in [-0.2, -0.15) is 0 Å². The Morgan fingerprint density at radius 2 is 2.13 bits per heavy atom. The second kappa shape index (κ2) is 9.40. The summed E-state index contributed by atoms with van der Waals surface area (Å²) < 4.78 is 10.8. The molecule has 2 N–H and O–H groups in total. The number of nitrogens with zero attached hydrogens (tertiary/aromatic N) is 1. The summed E-state index contributed by atoms with van der Waals surface area (Å²) in [5.41, 5.74) is 1.33. The van der Waals surface area contributed by atoms with Crippen molar-refractivity contribution in [3.05, 3.63) is 29.8 Å². The number of hydrogen-bond acceptors (Lipinski definition) is 3. The standard InChI is InChI=1S/C18H29N3O2/c1-14(15-6-8-16(22-3)9-7-15)10-11-20-18(19-2)21-13-17-5-4-12-23-17/h6-9,14,17H,4-5,10-13H2,1-3H3,(H2,19,20,21). The predicted octanol–water partition coefficient (Wildman–Crippen LogP) is 2.53. The van der Waals surface area contributed by atoms with E-state index in [1.165, 1.54) is 5.56 Å². The molecule has 2 unspecified atom stereocenters. The summed E-state index contributed by atoms with van der Waals surface area (Å²) in [6.07, 6.45) is 3.68. The van der Waals surface area contributed by atoms with Gasteiger partial charge in [0.15, 0.2) is 5.96 Å². The topological polar surface area (TPSA) is 54.9 Å². The molecule has 0 aromatic heterocycles. The molecule has 0 saturated carbocycles. The number of methoxy groups -OCH3 is 1. The fraction of sp³-hybridized carbons (Fsp3) is 0.611. The predicted molar refractivity (Wildman–Crippen MR) is 94.4 cm³/mol. The van der Waals surface area contributed by atoms with Crippen molar-refractivity contribution in [1.82, 2.24) is 10.6 Å². The molecule has 2 rings (SSSR count). The van der Waals surface area contributed by atoms with Crippen molar-refractivity contribution in [2.45, 2.75) is 38.2 Å². The number of aliphatic imine (C=N–C) groups is 1. The molecule has 1 aromatic carbocycles. The zero-order chi connectivity index (χ0) is 16.5. The minimum absolute atomic E-state index is 0.326. The van der Waals surface area contributed by atoms with Crippen LogP contribution < -0.4 is 15.4 Å². The van der Waals surface area contributed by atoms with Crippen LogP contribution in [-0.4, -0.2) is 45.9 Å². The Morgan fingerprint density at radius 1 is 1.35 bits per heavy atom. The minimum atomic E-state index is 0.326. The van der Waals surface area contributed by atoms with Gasteiger partial charge in [-0.05, 0) is 42.9 Å². The van der Waals surface area contributed by atoms with Crippen molar-refractivity contribution in [1.29, 1.82) is 0 Å². The SMILES string of the molecule is CN=C(NCCC(C)c1ccc(OC)cc1)NCC1CCCO1. The van der Waals surface area contributed by atoms with Gasteiger partial charge in [0.25, 0.3) is 0 Å². The molecule has 128 valence electrons. The van der Waals surface area contributed by atoms with Crippen LogP contribution in [0.4, 0.5) is 0 Å². The van der Waals surface area contributed by atoms with E-state index < -0.39 is 0 Å². The third-order valence-corrected chi connectivity index (χ3v) is 4.30. The average molecular weight is 319 g/mol. The van der Waals surface area contributed by atoms with Gasteiger partial charge in [-0.25, -0.2) is 0 Å². The van der Waals surface area contributed by atoms with Crippen LogP contribution in [0, 0.1) is 0 Å². The Morgan fingerprint density at radius 3 is 2.74 bits per heavy atom. The number of rotatable bonds is 7. The highest BCUT2D eigenvalue weighted by molar-refractivity contribution is 5.79. The average Bonchev–Trinajstić information content (AvgIpc) is 3.11. The Labute approximate surface area is 139 Å². The fourth-order valence-electron chi connectivity index (χ4n) is 2.74. The van der Waals surface area contributed by atoms with Crippen molar-refractivity contribution >= 4 is 5.96 Å². The van der Waals surface area contributed by atoms with Crippen LogP contribution in [-0.2, 0) is 4.74 Å². The van der Waals surface area contributed by atoms with Gasteiger partial charge in [0.1, 0.15) is 5.75 Å². The number of hydrogen-bond donors (Lipinski definition) is 2. The van der Waals surface area contributed by atoms with Crippen LogP contribution in [0.25, 0.3) is 0 Å². The maximum absolute atomic E-state index is 5.61. The highest BCUT2D eigenvalue weighted by Crippen LogP contribution is 2.21. The highest BCUT2D eigenvalue weighted by Gasteiger charge is 2.15. The van der Waals surface area contributed by atoms with Crippen LogP contribution in [0.1, 0.15) is 37.7 Å². The molecule has 1 aliphatic rings. The first-order chi connectivity index (χ1) is 11.2. The Bertz CT molecular complexity index is 482. The largest absolute Gasteiger partial charge is 0.497 e. The lowest BCUT2D eigenvalue weighted by Gasteiger charge is -2.17. The lowest BCUT2D eigenvalue weighted by molar-refractivity contribution is 0.114. The van der Waals surface area contributed by atoms with Gasteiger partial charge >= 0.3 is 0 Å². The van der Waals surface area contributed by atoms with E-state index in [4.69, 9.17) is 9.47 Å². The Balaban J connectivity index is 1.69. The van der Waals surface area contributed by atoms with Crippen LogP contribution in [0.5, 0.6) is 5.75 Å². The summed E-state index contributed by atoms with van der Waals surface area (Å²) in [7, 11) is 3.50. The molecule has 0 amide bonds. The van der Waals surface area contributed by atoms with Crippen LogP contribution in [0.3, 0.4) is 0 Å². The molecule has 0 spiro atoms. The molecule has 1 aromatic rings. The molecule has 5 heteroatoms. The van der Waals surface area contributed by atoms with E-state index in [0.29, 0.717) is 12.0 Å². The van der Waals surface area contributed by atoms with Gasteiger partial charge in [-0.1, -0.05) is 19.1 Å². The Kier molecular flexibility index (Phi) is 7.20. The molecule has 5 nitrogen and oxygen atoms in total. The summed E-state index contributed by atoms with van der Waals surface area (Å²) >= 11 is 0. The molecule has 0 aliphatic carbocycles. The van der Waals surface area contributed by atoms with Crippen molar-refractivity contribution in [2.24, 2.45) is 4.99 Å². The summed E-state index contributed by atoms with van der Waals surface area (Å²) in [5, 5.41) is 6.71. The van der Waals surface area contributed by atoms with E-state index in [1.807, 2.05) is 12.1 Å². The maximum Gasteiger partial charge on any atom is 0.191 e. The van der Waals surface area contributed by atoms with Crippen LogP contribution in [0.15, 0.2) is 29.3 Å². The lowest BCUT2D eigenvalue weighted by atomic mass is 9.98. The van der Waals surface area contributed by atoms with E-state index in [0.717, 1.165) is 50.7 Å². The van der Waals surface area contributed by atoms with Crippen molar-refractivity contribution < 1.29 is 9.47 Å². The second-order valence-electron chi connectivity index (χ2n) is 5.98. The molecule has 1 heterocycles. The number of guanidine groups is 1. The molecule has 1 aliphatic heterocycles. The van der Waals surface area contributed by atoms with Gasteiger partial charge < -0.3 is 20.1 Å². The zero-order valence-electron chi connectivity index (χ0n) is 14.5. The second-order valence-corrected chi connectivity index (χ2v) is 5.98. The first-order valence-electron chi connectivity index (χ1n) is 8.43. The van der Waals surface area contributed by atoms with E-state index >= 15 is 0 Å². The lowest BCUT2D eigenvalue weighted by Crippen LogP contribution is -2.41. The van der Waals surface area contributed by atoms with E-state index in [1.54, 1.807) is 14.2 Å². The summed E-state index contributed by atoms with van der Waals surface area (Å²) in [6, 6.07) is 8.30. The highest BCUT2D eigenvalue weighted by atomic mass is 16.5. The third kappa shape index (κ3) is 5.75. The van der Waals surface area contributed by atoms with E-state index in [9.17, 15) is 0 Å². The van der Waals surface area contributed by atoms with Gasteiger partial charge in [-0.15, -0.1) is 0 Å². The van der Waals surface area contributed by atoms with Crippen molar-refractivity contribution in [3.8, 4) is 5.75 Å². The number of benzene rings is 1. The summed E-state index contributed by atoms with van der Waals surface area (Å²) in [6.45, 7) is 4.84. The molecular weight excluding hydrogens is 290 g/mol. The Hall–Kier alpha value is -1.75. The first-order valence-corrected chi connectivity index (χ1v) is 8.43. The molecule has 0 bridgehead atoms. The summed E-state index contributed by atoms with van der Waals surface area (Å²) in [5.74, 6) is 2.24. The normalized spacial score (nSPS) is 19.4. The zero-order valence-corrected chi connectivity index (χ0v) is 14.5. The quantitative estimate of drug-likeness (QED) is 0.599. The third-order valence-electron chi connectivity index (χ3n) is 4.30. The molecule has 2 atom stereocenters. The smallest absolute Gasteiger partial charge is 0.191 e. The molecular formula is C18H29N3O2. The van der Waals surface area contributed by atoms with Gasteiger partial charge in [0.2, 0.25) is 0 Å². The molecule has 0 radical (unpaired) electrons. The number of nitrogens with one attached hydrogen (secondary N) is 2. The monoisotopic (exact) mass is 319 g/mol. The van der Waals surface area contributed by atoms with Gasteiger partial charge in [0.05, 0.1) is 13.2 Å². The van der Waals surface area contributed by atoms with Crippen LogP contribution in [0.2, 0.25) is 0 Å². The first kappa shape index (κ1) is 17.6. The van der Waals surface area contributed by atoms with Crippen molar-refractivity contribution in [3.63, 3.8) is 0 Å². The minimum Gasteiger partial charge on any atom is -0.497 e. The molecule has 1 saturated heterocycles. The van der Waals surface area contributed by atoms with Crippen molar-refractivity contribution in [2.75, 3.05) is 33.9 Å². The van der Waals surface area contributed by atoms with Crippen LogP contribution >= 0.6 is 0 Å². The van der Waals surface area contributed by atoms with E-state index in [-0.39, 0.29) is 0 Å². The molecule has 1 fully saturated rings.